The summed E-state index contributed by atoms with van der Waals surface area (Å²) in [6.07, 6.45) is 0. The number of benzene rings is 25. The molecule has 8 heterocycles. The first-order chi connectivity index (χ1) is 71.0. The Balaban J connectivity index is 0.0000000984. The van der Waals surface area contributed by atoms with Crippen LogP contribution in [0.25, 0.3) is 290 Å². The van der Waals surface area contributed by atoms with Crippen LogP contribution in [0.1, 0.15) is 0 Å². The standard InChI is InChI=1S/C48H27N3O.C42H23N3O.C42H25N3/c1-2-12-28(13-3-1)29-25-27-42-45-46(29)49-48(50-47(45)38-19-9-11-21-41(38)52-42)51-39-20-10-8-18-37(39)44-36-23-22-34-32-16-5-4-14-30(32)31-15-6-7-17-33(31)43(34)35(36)24-26-40(44)51;1-2-12-26-24(10-1)25-11-3-4-13-27(25)38-28(26)20-21-30-29(38)22-23-35-39(30)31-14-5-7-17-34(31)45(35)42-43-33-16-9-19-37-40(33)41(44-42)32-15-6-8-18-36(32)46-37;1-2-12-26(13-3-1)41-34-18-8-10-20-36(34)43-42(44-41)45-37-21-11-9-19-35(37)40-33-23-22-31-29-16-5-4-14-27(29)28-15-6-7-17-30(28)39(31)32(33)24-25-38(40)45/h1-27H;1-23H;1-25H. The lowest BCUT2D eigenvalue weighted by atomic mass is 9.90. The third kappa shape index (κ3) is 11.5. The second-order valence-corrected chi connectivity index (χ2v) is 37.5. The van der Waals surface area contributed by atoms with Crippen molar-refractivity contribution in [3.63, 3.8) is 0 Å². The number of nitrogens with zero attached hydrogens (tertiary/aromatic N) is 9. The van der Waals surface area contributed by atoms with Crippen molar-refractivity contribution in [2.75, 3.05) is 0 Å². The molecule has 0 amide bonds. The van der Waals surface area contributed by atoms with Gasteiger partial charge in [0, 0.05) is 60.0 Å². The third-order valence-electron chi connectivity index (χ3n) is 30.1. The molecule has 0 spiro atoms. The molecule has 2 aliphatic heterocycles. The van der Waals surface area contributed by atoms with Gasteiger partial charge in [-0.25, -0.2) is 29.9 Å². The highest BCUT2D eigenvalue weighted by Gasteiger charge is 2.31. The molecule has 0 aliphatic carbocycles. The first-order valence-corrected chi connectivity index (χ1v) is 48.6. The number of rotatable bonds is 5. The average molecular weight is 1820 g/mol. The fourth-order valence-electron chi connectivity index (χ4n) is 24.1. The number of para-hydroxylation sites is 6. The Kier molecular flexibility index (Phi) is 16.8. The summed E-state index contributed by atoms with van der Waals surface area (Å²) in [5.74, 6) is 5.14. The molecule has 2 aliphatic rings. The summed E-state index contributed by atoms with van der Waals surface area (Å²) in [6.45, 7) is 0. The third-order valence-corrected chi connectivity index (χ3v) is 30.1. The zero-order valence-corrected chi connectivity index (χ0v) is 76.6. The van der Waals surface area contributed by atoms with Crippen LogP contribution in [0, 0.1) is 0 Å². The van der Waals surface area contributed by atoms with Crippen LogP contribution >= 0.6 is 0 Å². The van der Waals surface area contributed by atoms with E-state index in [0.29, 0.717) is 17.8 Å². The Morgan fingerprint density at radius 1 is 0.140 bits per heavy atom. The van der Waals surface area contributed by atoms with Crippen LogP contribution in [0.2, 0.25) is 0 Å². The molecule has 11 heteroatoms. The molecule has 31 aromatic rings. The van der Waals surface area contributed by atoms with Gasteiger partial charge in [-0.15, -0.1) is 0 Å². The highest BCUT2D eigenvalue weighted by molar-refractivity contribution is 6.39. The van der Waals surface area contributed by atoms with Gasteiger partial charge in [0.15, 0.2) is 0 Å². The summed E-state index contributed by atoms with van der Waals surface area (Å²) in [5, 5.41) is 40.6. The Labute approximate surface area is 815 Å². The van der Waals surface area contributed by atoms with Crippen molar-refractivity contribution in [2.24, 2.45) is 0 Å². The normalized spacial score (nSPS) is 12.3. The SMILES string of the molecule is c1ccc(-c2ccc3c4c(nc(-n5c6ccccc6c6c7ccc8c9ccccc9c9ccccc9c8c7ccc65)nc24)-c2ccccc2O3)cc1.c1ccc(-c2nc(-n3c4ccccc4c4c5ccc6c7ccccc7c7ccccc7c6c5ccc43)nc3ccccc23)cc1.c1ccc2c(c1)Oc1cccc3nc(-n4c5ccccc5c5c6ccc7c8ccccc8c8ccccc8c7c6ccc54)nc-2c13. The van der Waals surface area contributed by atoms with Gasteiger partial charge in [-0.05, 0) is 226 Å². The molecule has 0 N–H and O–H groups in total. The fourth-order valence-corrected chi connectivity index (χ4v) is 24.1. The van der Waals surface area contributed by atoms with Crippen molar-refractivity contribution >= 4 is 227 Å². The monoisotopic (exact) mass is 1820 g/mol. The quantitative estimate of drug-likeness (QED) is 0.157. The molecule has 6 aromatic heterocycles. The maximum absolute atomic E-state index is 6.47. The summed E-state index contributed by atoms with van der Waals surface area (Å²) < 4.78 is 19.5. The molecule has 33 rings (SSSR count). The van der Waals surface area contributed by atoms with Crippen LogP contribution < -0.4 is 9.47 Å². The molecule has 143 heavy (non-hydrogen) atoms. The van der Waals surface area contributed by atoms with Crippen LogP contribution in [0.4, 0.5) is 0 Å². The Morgan fingerprint density at radius 2 is 0.420 bits per heavy atom. The summed E-state index contributed by atoms with van der Waals surface area (Å²) >= 11 is 0. The topological polar surface area (TPSA) is 111 Å². The van der Waals surface area contributed by atoms with Gasteiger partial charge in [-0.1, -0.05) is 364 Å². The Hall–Kier alpha value is -19.4. The van der Waals surface area contributed by atoms with Crippen molar-refractivity contribution in [3.8, 4) is 85.7 Å². The number of ether oxygens (including phenoxy) is 2. The summed E-state index contributed by atoms with van der Waals surface area (Å²) in [5.41, 5.74) is 17.0. The van der Waals surface area contributed by atoms with Gasteiger partial charge in [0.25, 0.3) is 0 Å². The van der Waals surface area contributed by atoms with Crippen molar-refractivity contribution in [2.45, 2.75) is 0 Å². The molecule has 660 valence electrons. The van der Waals surface area contributed by atoms with Crippen LogP contribution in [0.3, 0.4) is 0 Å². The maximum atomic E-state index is 6.47. The van der Waals surface area contributed by atoms with E-state index < -0.39 is 0 Å². The molecule has 0 saturated heterocycles. The van der Waals surface area contributed by atoms with Crippen LogP contribution in [-0.4, -0.2) is 43.6 Å². The van der Waals surface area contributed by atoms with E-state index in [-0.39, 0.29) is 0 Å². The second-order valence-electron chi connectivity index (χ2n) is 37.5. The highest BCUT2D eigenvalue weighted by atomic mass is 16.5. The number of hydrogen-bond donors (Lipinski definition) is 0. The number of aromatic nitrogens is 9. The van der Waals surface area contributed by atoms with E-state index in [9.17, 15) is 0 Å². The second kappa shape index (κ2) is 30.6. The lowest BCUT2D eigenvalue weighted by molar-refractivity contribution is 0.486. The molecule has 0 unspecified atom stereocenters. The van der Waals surface area contributed by atoms with E-state index in [4.69, 9.17) is 39.4 Å². The van der Waals surface area contributed by atoms with Gasteiger partial charge >= 0.3 is 0 Å². The van der Waals surface area contributed by atoms with Crippen LogP contribution in [0.5, 0.6) is 23.0 Å². The maximum Gasteiger partial charge on any atom is 0.235 e. The molecular formula is C132H75N9O2. The molecule has 0 atom stereocenters. The first kappa shape index (κ1) is 78.8. The molecule has 0 bridgehead atoms. The van der Waals surface area contributed by atoms with Crippen molar-refractivity contribution in [1.82, 2.24) is 43.6 Å². The highest BCUT2D eigenvalue weighted by Crippen LogP contribution is 2.54. The molecule has 0 radical (unpaired) electrons. The molecule has 25 aromatic carbocycles. The first-order valence-electron chi connectivity index (χ1n) is 48.6. The Bertz CT molecular complexity index is 11000. The van der Waals surface area contributed by atoms with E-state index in [0.717, 1.165) is 134 Å². The summed E-state index contributed by atoms with van der Waals surface area (Å²) in [4.78, 5) is 31.8. The molecule has 0 saturated carbocycles. The van der Waals surface area contributed by atoms with Gasteiger partial charge in [0.1, 0.15) is 23.0 Å². The van der Waals surface area contributed by atoms with E-state index in [1.165, 1.54) is 162 Å². The predicted molar refractivity (Wildman–Crippen MR) is 594 cm³/mol. The zero-order chi connectivity index (χ0) is 93.3. The molecule has 0 fully saturated rings. The molecular weight excluding hydrogens is 1740 g/mol. The van der Waals surface area contributed by atoms with Gasteiger partial charge in [0.05, 0.1) is 77.5 Å². The summed E-state index contributed by atoms with van der Waals surface area (Å²) in [7, 11) is 0. The van der Waals surface area contributed by atoms with Gasteiger partial charge < -0.3 is 9.47 Å². The van der Waals surface area contributed by atoms with Crippen molar-refractivity contribution in [3.05, 3.63) is 455 Å². The van der Waals surface area contributed by atoms with Crippen LogP contribution in [-0.2, 0) is 0 Å². The lowest BCUT2D eigenvalue weighted by Gasteiger charge is -2.22. The van der Waals surface area contributed by atoms with Crippen molar-refractivity contribution < 1.29 is 9.47 Å². The minimum absolute atomic E-state index is 0.635. The van der Waals surface area contributed by atoms with E-state index in [1.54, 1.807) is 0 Å². The van der Waals surface area contributed by atoms with E-state index in [2.05, 4.69) is 402 Å². The fraction of sp³-hybridized carbons (Fsp3) is 0. The van der Waals surface area contributed by atoms with E-state index in [1.807, 2.05) is 66.7 Å². The van der Waals surface area contributed by atoms with Crippen LogP contribution in [0.15, 0.2) is 455 Å². The summed E-state index contributed by atoms with van der Waals surface area (Å²) in [6, 6.07) is 162. The zero-order valence-electron chi connectivity index (χ0n) is 76.6. The predicted octanol–water partition coefficient (Wildman–Crippen LogP) is 34.9. The Morgan fingerprint density at radius 3 is 0.846 bits per heavy atom. The van der Waals surface area contributed by atoms with E-state index >= 15 is 0 Å². The van der Waals surface area contributed by atoms with Gasteiger partial charge in [0.2, 0.25) is 17.8 Å². The number of fused-ring (bicyclic) bond motifs is 41. The largest absolute Gasteiger partial charge is 0.456 e. The van der Waals surface area contributed by atoms with Crippen molar-refractivity contribution in [1.29, 1.82) is 0 Å². The smallest absolute Gasteiger partial charge is 0.235 e. The van der Waals surface area contributed by atoms with Gasteiger partial charge in [-0.3, -0.25) is 13.7 Å². The minimum Gasteiger partial charge on any atom is -0.456 e. The number of hydrogen-bond acceptors (Lipinski definition) is 8. The minimum atomic E-state index is 0.635. The molecule has 11 nitrogen and oxygen atoms in total. The van der Waals surface area contributed by atoms with Gasteiger partial charge in [-0.2, -0.15) is 0 Å². The average Bonchev–Trinajstić information content (AvgIpc) is 1.62. The lowest BCUT2D eigenvalue weighted by Crippen LogP contribution is -2.07.